The van der Waals surface area contributed by atoms with Gasteiger partial charge in [0.2, 0.25) is 0 Å². The molecule has 0 amide bonds. The van der Waals surface area contributed by atoms with E-state index >= 15 is 0 Å². The van der Waals surface area contributed by atoms with E-state index in [2.05, 4.69) is 103 Å². The third kappa shape index (κ3) is 22.7. The minimum absolute atomic E-state index is 0.689. The molecule has 4 aliphatic heterocycles. The highest BCUT2D eigenvalue weighted by molar-refractivity contribution is 4.73. The van der Waals surface area contributed by atoms with Gasteiger partial charge in [-0.15, -0.1) is 0 Å². The summed E-state index contributed by atoms with van der Waals surface area (Å²) in [4.78, 5) is 7.40. The van der Waals surface area contributed by atoms with Crippen LogP contribution in [0.4, 0.5) is 0 Å². The number of likely N-dealkylation sites (tertiary alicyclic amines) is 1. The zero-order valence-electron chi connectivity index (χ0n) is 36.1. The second-order valence-corrected chi connectivity index (χ2v) is 17.9. The number of piperazine rings is 1. The Morgan fingerprint density at radius 2 is 0.740 bits per heavy atom. The highest BCUT2D eigenvalue weighted by Gasteiger charge is 2.20. The van der Waals surface area contributed by atoms with Gasteiger partial charge >= 0.3 is 0 Å². The van der Waals surface area contributed by atoms with E-state index in [1.165, 1.54) is 96.8 Å². The Kier molecular flexibility index (Phi) is 27.9. The molecule has 0 bridgehead atoms. The van der Waals surface area contributed by atoms with Crippen molar-refractivity contribution in [1.82, 2.24) is 20.0 Å². The summed E-state index contributed by atoms with van der Waals surface area (Å²) in [7, 11) is 0. The summed E-state index contributed by atoms with van der Waals surface area (Å²) >= 11 is 0. The number of hydrogen-bond acceptors (Lipinski definition) is 6. The van der Waals surface area contributed by atoms with Gasteiger partial charge in [0, 0.05) is 70.6 Å². The summed E-state index contributed by atoms with van der Waals surface area (Å²) in [6.45, 7) is 40.9. The molecule has 4 heterocycles. The summed E-state index contributed by atoms with van der Waals surface area (Å²) in [6, 6.07) is 2.20. The lowest BCUT2D eigenvalue weighted by atomic mass is 9.78. The predicted octanol–water partition coefficient (Wildman–Crippen LogP) is 9.86. The first kappa shape index (κ1) is 47.8. The van der Waals surface area contributed by atoms with Crippen LogP contribution in [0.2, 0.25) is 0 Å². The van der Waals surface area contributed by atoms with Gasteiger partial charge in [-0.2, -0.15) is 0 Å². The van der Waals surface area contributed by atoms with Crippen molar-refractivity contribution < 1.29 is 9.47 Å². The highest BCUT2D eigenvalue weighted by atomic mass is 16.5. The molecule has 300 valence electrons. The van der Waals surface area contributed by atoms with E-state index in [9.17, 15) is 0 Å². The first-order valence-corrected chi connectivity index (χ1v) is 21.9. The molecule has 0 unspecified atom stereocenters. The van der Waals surface area contributed by atoms with Crippen molar-refractivity contribution >= 4 is 0 Å². The van der Waals surface area contributed by atoms with Crippen molar-refractivity contribution in [3.05, 3.63) is 0 Å². The smallest absolute Gasteiger partial charge is 0.0594 e. The van der Waals surface area contributed by atoms with Gasteiger partial charge in [0.1, 0.15) is 0 Å². The van der Waals surface area contributed by atoms with Crippen molar-refractivity contribution in [2.75, 3.05) is 78.8 Å². The SMILES string of the molecule is CC(C)C1CCC1.CC(C)C1CCCCC1.CC(C)C1CCOCC1.CC(C)N1CCC1.CC(C)N1CCNCC1.CC(C)N1CCOCC1. The van der Waals surface area contributed by atoms with Crippen molar-refractivity contribution in [1.29, 1.82) is 0 Å². The molecule has 50 heavy (non-hydrogen) atoms. The zero-order valence-corrected chi connectivity index (χ0v) is 36.1. The molecular formula is C44H92N4O2. The molecule has 6 aliphatic rings. The zero-order chi connectivity index (χ0) is 37.3. The Morgan fingerprint density at radius 3 is 0.980 bits per heavy atom. The molecular weight excluding hydrogens is 617 g/mol. The minimum atomic E-state index is 0.689. The normalized spacial score (nSPS) is 22.9. The lowest BCUT2D eigenvalue weighted by Gasteiger charge is -2.34. The van der Waals surface area contributed by atoms with Gasteiger partial charge in [-0.3, -0.25) is 9.80 Å². The second kappa shape index (κ2) is 29.2. The minimum Gasteiger partial charge on any atom is -0.381 e. The quantitative estimate of drug-likeness (QED) is 0.296. The van der Waals surface area contributed by atoms with E-state index in [4.69, 9.17) is 9.47 Å². The maximum absolute atomic E-state index is 5.25. The largest absolute Gasteiger partial charge is 0.381 e. The van der Waals surface area contributed by atoms with Crippen LogP contribution in [0.15, 0.2) is 0 Å². The summed E-state index contributed by atoms with van der Waals surface area (Å²) in [5, 5.41) is 3.33. The molecule has 2 saturated carbocycles. The van der Waals surface area contributed by atoms with E-state index in [0.29, 0.717) is 6.04 Å². The Hall–Kier alpha value is -0.240. The number of hydrogen-bond donors (Lipinski definition) is 1. The average Bonchev–Trinajstić information content (AvgIpc) is 3.06. The fourth-order valence-corrected chi connectivity index (χ4v) is 7.44. The molecule has 0 aromatic carbocycles. The van der Waals surface area contributed by atoms with Gasteiger partial charge in [-0.1, -0.05) is 92.9 Å². The van der Waals surface area contributed by atoms with Crippen LogP contribution in [0.25, 0.3) is 0 Å². The number of rotatable bonds is 6. The Morgan fingerprint density at radius 1 is 0.380 bits per heavy atom. The van der Waals surface area contributed by atoms with Crippen LogP contribution in [-0.2, 0) is 9.47 Å². The van der Waals surface area contributed by atoms with Crippen LogP contribution in [0.3, 0.4) is 0 Å². The predicted molar refractivity (Wildman–Crippen MR) is 220 cm³/mol. The molecule has 0 aromatic rings. The van der Waals surface area contributed by atoms with Gasteiger partial charge in [-0.25, -0.2) is 0 Å². The third-order valence-corrected chi connectivity index (χ3v) is 12.2. The first-order chi connectivity index (χ1) is 23.8. The second-order valence-electron chi connectivity index (χ2n) is 17.9. The number of ether oxygens (including phenoxy) is 2. The Labute approximate surface area is 314 Å². The van der Waals surface area contributed by atoms with Gasteiger partial charge in [0.15, 0.2) is 0 Å². The summed E-state index contributed by atoms with van der Waals surface area (Å²) in [6.07, 6.45) is 15.9. The molecule has 6 nitrogen and oxygen atoms in total. The van der Waals surface area contributed by atoms with Crippen LogP contribution in [0, 0.1) is 35.5 Å². The van der Waals surface area contributed by atoms with E-state index in [0.717, 1.165) is 100 Å². The standard InChI is InChI=1S/C9H18.C8H16O.C7H16N2.C7H15NO.C7H14.C6H13N/c1-8(2)9-6-4-3-5-7-9;1-7(2)8-3-5-9-6-4-8;1-7(2)9-5-3-8-4-6-9;1-7(2)8-3-5-9-6-4-8;2*1-6(2)7-4-3-5-7/h8-9H,3-7H2,1-2H3;2*7-8H,3-6H2,1-2H3;7H,3-6H2,1-2H3;6-7H,3-5H2,1-2H3;6H,3-5H2,1-2H3. The van der Waals surface area contributed by atoms with Gasteiger partial charge in [0.25, 0.3) is 0 Å². The molecule has 6 heteroatoms. The van der Waals surface area contributed by atoms with Gasteiger partial charge in [0.05, 0.1) is 13.2 Å². The van der Waals surface area contributed by atoms with Gasteiger partial charge in [-0.05, 0) is 109 Å². The third-order valence-electron chi connectivity index (χ3n) is 12.2. The van der Waals surface area contributed by atoms with Crippen molar-refractivity contribution in [3.63, 3.8) is 0 Å². The van der Waals surface area contributed by atoms with Crippen molar-refractivity contribution in [3.8, 4) is 0 Å². The van der Waals surface area contributed by atoms with Crippen LogP contribution >= 0.6 is 0 Å². The molecule has 6 rings (SSSR count). The molecule has 0 aromatic heterocycles. The van der Waals surface area contributed by atoms with Crippen molar-refractivity contribution in [2.45, 2.75) is 172 Å². The van der Waals surface area contributed by atoms with Crippen molar-refractivity contribution in [2.24, 2.45) is 35.5 Å². The maximum atomic E-state index is 5.25. The monoisotopic (exact) mass is 709 g/mol. The number of morpholine rings is 1. The summed E-state index contributed by atoms with van der Waals surface area (Å²) in [5.74, 6) is 5.81. The maximum Gasteiger partial charge on any atom is 0.0594 e. The van der Waals surface area contributed by atoms with E-state index in [1.54, 1.807) is 0 Å². The van der Waals surface area contributed by atoms with Gasteiger partial charge < -0.3 is 19.7 Å². The number of nitrogens with zero attached hydrogens (tertiary/aromatic N) is 3. The molecule has 4 saturated heterocycles. The first-order valence-electron chi connectivity index (χ1n) is 21.9. The fourth-order valence-electron chi connectivity index (χ4n) is 7.44. The van der Waals surface area contributed by atoms with Crippen LogP contribution in [-0.4, -0.2) is 112 Å². The molecule has 2 aliphatic carbocycles. The lowest BCUT2D eigenvalue weighted by Crippen LogP contribution is -2.46. The molecule has 6 fully saturated rings. The fraction of sp³-hybridized carbons (Fsp3) is 1.00. The summed E-state index contributed by atoms with van der Waals surface area (Å²) < 4.78 is 10.5. The van der Waals surface area contributed by atoms with E-state index in [-0.39, 0.29) is 0 Å². The number of nitrogens with one attached hydrogen (secondary N) is 1. The molecule has 0 spiro atoms. The van der Waals surface area contributed by atoms with Crippen LogP contribution in [0.1, 0.15) is 154 Å². The average molecular weight is 709 g/mol. The lowest BCUT2D eigenvalue weighted by molar-refractivity contribution is 0.0238. The Balaban J connectivity index is 0.000000301. The highest BCUT2D eigenvalue weighted by Crippen LogP contribution is 2.32. The Bertz CT molecular complexity index is 620. The summed E-state index contributed by atoms with van der Waals surface area (Å²) in [5.41, 5.74) is 0. The van der Waals surface area contributed by atoms with E-state index in [1.807, 2.05) is 0 Å². The topological polar surface area (TPSA) is 40.2 Å². The molecule has 1 N–H and O–H groups in total. The molecule has 0 radical (unpaired) electrons. The molecule has 0 atom stereocenters. The van der Waals surface area contributed by atoms with Crippen LogP contribution < -0.4 is 5.32 Å². The van der Waals surface area contributed by atoms with E-state index < -0.39 is 0 Å². The van der Waals surface area contributed by atoms with Crippen LogP contribution in [0.5, 0.6) is 0 Å².